The molecule has 1 unspecified atom stereocenters. The van der Waals surface area contributed by atoms with E-state index in [4.69, 9.17) is 5.73 Å². The highest BCUT2D eigenvalue weighted by atomic mass is 16.2. The minimum absolute atomic E-state index is 0.152. The molecular weight excluding hydrogens is 224 g/mol. The van der Waals surface area contributed by atoms with Gasteiger partial charge in [-0.2, -0.15) is 0 Å². The van der Waals surface area contributed by atoms with Gasteiger partial charge in [-0.05, 0) is 31.9 Å². The summed E-state index contributed by atoms with van der Waals surface area (Å²) >= 11 is 0. The number of benzene rings is 1. The molecular formula is C15H22N2O. The molecule has 1 saturated heterocycles. The van der Waals surface area contributed by atoms with Crippen molar-refractivity contribution in [1.82, 2.24) is 4.90 Å². The van der Waals surface area contributed by atoms with E-state index in [2.05, 4.69) is 31.2 Å². The molecule has 1 fully saturated rings. The van der Waals surface area contributed by atoms with Crippen LogP contribution in [0.25, 0.3) is 0 Å². The van der Waals surface area contributed by atoms with Crippen molar-refractivity contribution in [1.29, 1.82) is 0 Å². The predicted molar refractivity (Wildman–Crippen MR) is 73.4 cm³/mol. The van der Waals surface area contributed by atoms with Crippen molar-refractivity contribution in [2.24, 2.45) is 5.73 Å². The minimum Gasteiger partial charge on any atom is -0.343 e. The van der Waals surface area contributed by atoms with Gasteiger partial charge in [-0.25, -0.2) is 0 Å². The Morgan fingerprint density at radius 2 is 1.89 bits per heavy atom. The smallest absolute Gasteiger partial charge is 0.223 e. The summed E-state index contributed by atoms with van der Waals surface area (Å²) in [6.45, 7) is 4.44. The highest BCUT2D eigenvalue weighted by Gasteiger charge is 2.21. The third kappa shape index (κ3) is 3.10. The summed E-state index contributed by atoms with van der Waals surface area (Å²) in [5, 5.41) is 0. The topological polar surface area (TPSA) is 46.3 Å². The molecule has 1 aromatic rings. The van der Waals surface area contributed by atoms with E-state index in [1.54, 1.807) is 0 Å². The number of carbonyl (C=O) groups is 1. The second-order valence-electron chi connectivity index (χ2n) is 5.14. The molecule has 1 aliphatic heterocycles. The number of aryl methyl sites for hydroxylation is 1. The van der Waals surface area contributed by atoms with E-state index in [1.165, 1.54) is 11.1 Å². The normalized spacial score (nSPS) is 16.9. The molecule has 3 nitrogen and oxygen atoms in total. The molecule has 2 N–H and O–H groups in total. The van der Waals surface area contributed by atoms with Crippen molar-refractivity contribution >= 4 is 5.91 Å². The van der Waals surface area contributed by atoms with Gasteiger partial charge in [-0.3, -0.25) is 4.79 Å². The van der Waals surface area contributed by atoms with Gasteiger partial charge in [0.1, 0.15) is 0 Å². The van der Waals surface area contributed by atoms with Gasteiger partial charge in [0.25, 0.3) is 0 Å². The maximum absolute atomic E-state index is 12.1. The van der Waals surface area contributed by atoms with Crippen LogP contribution in [0, 0.1) is 6.92 Å². The fourth-order valence-electron chi connectivity index (χ4n) is 2.48. The Labute approximate surface area is 109 Å². The largest absolute Gasteiger partial charge is 0.343 e. The van der Waals surface area contributed by atoms with E-state index in [9.17, 15) is 4.79 Å². The van der Waals surface area contributed by atoms with Gasteiger partial charge < -0.3 is 10.6 Å². The van der Waals surface area contributed by atoms with Crippen LogP contribution in [-0.4, -0.2) is 30.4 Å². The van der Waals surface area contributed by atoms with Crippen molar-refractivity contribution in [2.75, 3.05) is 19.6 Å². The fourth-order valence-corrected chi connectivity index (χ4v) is 2.48. The van der Waals surface area contributed by atoms with Crippen molar-refractivity contribution in [2.45, 2.75) is 32.1 Å². The minimum atomic E-state index is 0.152. The maximum Gasteiger partial charge on any atom is 0.223 e. The number of likely N-dealkylation sites (tertiary alicyclic amines) is 1. The molecule has 0 aromatic heterocycles. The molecule has 1 heterocycles. The molecule has 0 radical (unpaired) electrons. The lowest BCUT2D eigenvalue weighted by Crippen LogP contribution is -2.30. The van der Waals surface area contributed by atoms with E-state index in [-0.39, 0.29) is 11.8 Å². The average Bonchev–Trinajstić information content (AvgIpc) is 2.91. The third-order valence-corrected chi connectivity index (χ3v) is 3.71. The molecule has 1 aliphatic rings. The predicted octanol–water partition coefficient (Wildman–Crippen LogP) is 2.05. The Morgan fingerprint density at radius 3 is 2.44 bits per heavy atom. The van der Waals surface area contributed by atoms with E-state index in [0.29, 0.717) is 13.0 Å². The second kappa shape index (κ2) is 6.01. The van der Waals surface area contributed by atoms with Crippen LogP contribution in [0.2, 0.25) is 0 Å². The molecule has 1 aromatic carbocycles. The monoisotopic (exact) mass is 246 g/mol. The quantitative estimate of drug-likeness (QED) is 0.883. The molecule has 1 amide bonds. The van der Waals surface area contributed by atoms with Crippen LogP contribution >= 0.6 is 0 Å². The van der Waals surface area contributed by atoms with Crippen LogP contribution < -0.4 is 5.73 Å². The van der Waals surface area contributed by atoms with E-state index < -0.39 is 0 Å². The van der Waals surface area contributed by atoms with Gasteiger partial charge in [0, 0.05) is 25.4 Å². The van der Waals surface area contributed by atoms with Gasteiger partial charge in [-0.15, -0.1) is 0 Å². The summed E-state index contributed by atoms with van der Waals surface area (Å²) in [4.78, 5) is 14.1. The zero-order valence-corrected chi connectivity index (χ0v) is 11.1. The van der Waals surface area contributed by atoms with Crippen LogP contribution in [0.4, 0.5) is 0 Å². The van der Waals surface area contributed by atoms with Crippen LogP contribution in [0.1, 0.15) is 36.3 Å². The van der Waals surface area contributed by atoms with Gasteiger partial charge in [0.15, 0.2) is 0 Å². The third-order valence-electron chi connectivity index (χ3n) is 3.71. The molecule has 2 rings (SSSR count). The summed E-state index contributed by atoms with van der Waals surface area (Å²) in [6.07, 6.45) is 2.83. The summed E-state index contributed by atoms with van der Waals surface area (Å²) in [7, 11) is 0. The van der Waals surface area contributed by atoms with Crippen LogP contribution in [-0.2, 0) is 4.79 Å². The molecule has 0 spiro atoms. The SMILES string of the molecule is Cc1ccc(C(CN)CC(=O)N2CCCC2)cc1. The molecule has 0 aliphatic carbocycles. The van der Waals surface area contributed by atoms with Crippen molar-refractivity contribution in [3.8, 4) is 0 Å². The van der Waals surface area contributed by atoms with E-state index in [1.807, 2.05) is 4.90 Å². The zero-order chi connectivity index (χ0) is 13.0. The lowest BCUT2D eigenvalue weighted by molar-refractivity contribution is -0.130. The Hall–Kier alpha value is -1.35. The van der Waals surface area contributed by atoms with Crippen LogP contribution in [0.3, 0.4) is 0 Å². The van der Waals surface area contributed by atoms with Gasteiger partial charge in [0.2, 0.25) is 5.91 Å². The highest BCUT2D eigenvalue weighted by Crippen LogP contribution is 2.21. The molecule has 98 valence electrons. The average molecular weight is 246 g/mol. The molecule has 3 heteroatoms. The summed E-state index contributed by atoms with van der Waals surface area (Å²) in [6, 6.07) is 8.34. The highest BCUT2D eigenvalue weighted by molar-refractivity contribution is 5.77. The first-order valence-electron chi connectivity index (χ1n) is 6.75. The number of hydrogen-bond donors (Lipinski definition) is 1. The first kappa shape index (κ1) is 13.1. The summed E-state index contributed by atoms with van der Waals surface area (Å²) < 4.78 is 0. The van der Waals surface area contributed by atoms with Crippen molar-refractivity contribution in [3.63, 3.8) is 0 Å². The molecule has 18 heavy (non-hydrogen) atoms. The summed E-state index contributed by atoms with van der Waals surface area (Å²) in [5.41, 5.74) is 8.23. The Balaban J connectivity index is 2.00. The second-order valence-corrected chi connectivity index (χ2v) is 5.14. The van der Waals surface area contributed by atoms with Gasteiger partial charge in [0.05, 0.1) is 0 Å². The lowest BCUT2D eigenvalue weighted by Gasteiger charge is -2.20. The van der Waals surface area contributed by atoms with Gasteiger partial charge >= 0.3 is 0 Å². The van der Waals surface area contributed by atoms with Crippen LogP contribution in [0.5, 0.6) is 0 Å². The molecule has 0 bridgehead atoms. The van der Waals surface area contributed by atoms with E-state index >= 15 is 0 Å². The first-order valence-corrected chi connectivity index (χ1v) is 6.75. The summed E-state index contributed by atoms with van der Waals surface area (Å²) in [5.74, 6) is 0.405. The number of amides is 1. The molecule has 0 saturated carbocycles. The van der Waals surface area contributed by atoms with Gasteiger partial charge in [-0.1, -0.05) is 29.8 Å². The van der Waals surface area contributed by atoms with E-state index in [0.717, 1.165) is 25.9 Å². The van der Waals surface area contributed by atoms with Crippen molar-refractivity contribution in [3.05, 3.63) is 35.4 Å². The first-order chi connectivity index (χ1) is 8.70. The number of carbonyl (C=O) groups excluding carboxylic acids is 1. The Bertz CT molecular complexity index is 393. The maximum atomic E-state index is 12.1. The number of nitrogens with two attached hydrogens (primary N) is 1. The standard InChI is InChI=1S/C15H22N2O/c1-12-4-6-13(7-5-12)14(11-16)10-15(18)17-8-2-3-9-17/h4-7,14H,2-3,8-11,16H2,1H3. The Kier molecular flexibility index (Phi) is 4.37. The number of hydrogen-bond acceptors (Lipinski definition) is 2. The zero-order valence-electron chi connectivity index (χ0n) is 11.1. The fraction of sp³-hybridized carbons (Fsp3) is 0.533. The lowest BCUT2D eigenvalue weighted by atomic mass is 9.94. The number of nitrogens with zero attached hydrogens (tertiary/aromatic N) is 1. The number of rotatable bonds is 4. The van der Waals surface area contributed by atoms with Crippen LogP contribution in [0.15, 0.2) is 24.3 Å². The van der Waals surface area contributed by atoms with Crippen molar-refractivity contribution < 1.29 is 4.79 Å². The Morgan fingerprint density at radius 1 is 1.28 bits per heavy atom. The molecule has 1 atom stereocenters.